The molecule has 0 aliphatic heterocycles. The molecule has 0 aromatic rings. The molecule has 0 aromatic heterocycles. The van der Waals surface area contributed by atoms with Crippen molar-refractivity contribution in [2.45, 2.75) is 419 Å². The van der Waals surface area contributed by atoms with Crippen LogP contribution in [-0.2, 0) is 0 Å². The first kappa shape index (κ1) is 84.5. The number of nitrogens with one attached hydrogen (secondary N) is 3. The first-order valence-corrected chi connectivity index (χ1v) is 38.1. The van der Waals surface area contributed by atoms with Crippen LogP contribution in [0, 0.1) is 0 Å². The van der Waals surface area contributed by atoms with E-state index in [1.165, 1.54) is 392 Å². The second-order valence-corrected chi connectivity index (χ2v) is 25.5. The average Bonchev–Trinajstić information content (AvgIpc) is 3.48. The van der Waals surface area contributed by atoms with Crippen LogP contribution in [0.3, 0.4) is 0 Å². The lowest BCUT2D eigenvalue weighted by molar-refractivity contribution is 0.513. The van der Waals surface area contributed by atoms with Gasteiger partial charge in [-0.3, -0.25) is 0 Å². The summed E-state index contributed by atoms with van der Waals surface area (Å²) in [6.45, 7) is 15.0. The molecule has 490 valence electrons. The lowest BCUT2D eigenvalue weighted by atomic mass is 10.0. The van der Waals surface area contributed by atoms with Gasteiger partial charge in [0.25, 0.3) is 0 Å². The summed E-state index contributed by atoms with van der Waals surface area (Å²) in [7, 11) is 0. The van der Waals surface area contributed by atoms with Gasteiger partial charge in [-0.1, -0.05) is 374 Å². The molecule has 0 aromatic carbocycles. The van der Waals surface area contributed by atoms with Crippen molar-refractivity contribution in [2.24, 2.45) is 17.2 Å². The van der Waals surface area contributed by atoms with Crippen molar-refractivity contribution in [3.05, 3.63) is 12.3 Å². The van der Waals surface area contributed by atoms with Crippen molar-refractivity contribution in [3.8, 4) is 0 Å². The minimum Gasteiger partial charge on any atom is -0.391 e. The molecule has 0 saturated heterocycles. The molecule has 0 unspecified atom stereocenters. The Kier molecular flexibility index (Phi) is 92.0. The normalized spacial score (nSPS) is 11.4. The van der Waals surface area contributed by atoms with E-state index in [1.54, 1.807) is 0 Å². The average molecular weight is 1150 g/mol. The lowest BCUT2D eigenvalue weighted by Crippen LogP contribution is -2.19. The van der Waals surface area contributed by atoms with Gasteiger partial charge in [-0.25, -0.2) is 0 Å². The van der Waals surface area contributed by atoms with E-state index in [2.05, 4.69) is 49.0 Å². The van der Waals surface area contributed by atoms with Crippen LogP contribution in [0.4, 0.5) is 0 Å². The van der Waals surface area contributed by atoms with Gasteiger partial charge in [0.05, 0.1) is 0 Å². The Morgan fingerprint density at radius 2 is 0.383 bits per heavy atom. The Balaban J connectivity index is -0.00000119. The van der Waals surface area contributed by atoms with Gasteiger partial charge >= 0.3 is 0 Å². The Morgan fingerprint density at radius 3 is 0.617 bits per heavy atom. The van der Waals surface area contributed by atoms with Gasteiger partial charge in [0.2, 0.25) is 0 Å². The summed E-state index contributed by atoms with van der Waals surface area (Å²) in [5.41, 5.74) is 16.4. The quantitative estimate of drug-likeness (QED) is 0.0338. The molecule has 6 heteroatoms. The minimum absolute atomic E-state index is 0.812. The molecule has 0 fully saturated rings. The molecule has 6 nitrogen and oxygen atoms in total. The smallest absolute Gasteiger partial charge is 0.0141 e. The number of rotatable bonds is 71. The molecular formula is C75H160N6. The number of nitrogens with two attached hydrogens (primary N) is 3. The highest BCUT2D eigenvalue weighted by Crippen LogP contribution is 2.18. The summed E-state index contributed by atoms with van der Waals surface area (Å²) in [6, 6.07) is 0. The van der Waals surface area contributed by atoms with Crippen LogP contribution in [0.2, 0.25) is 0 Å². The van der Waals surface area contributed by atoms with Crippen LogP contribution in [0.1, 0.15) is 419 Å². The van der Waals surface area contributed by atoms with Gasteiger partial charge in [0, 0.05) is 6.54 Å². The van der Waals surface area contributed by atoms with E-state index >= 15 is 0 Å². The molecule has 0 heterocycles. The van der Waals surface area contributed by atoms with Crippen molar-refractivity contribution >= 4 is 0 Å². The zero-order valence-electron chi connectivity index (χ0n) is 56.9. The van der Waals surface area contributed by atoms with Crippen LogP contribution in [0.15, 0.2) is 12.3 Å². The van der Waals surface area contributed by atoms with Crippen LogP contribution < -0.4 is 33.2 Å². The Labute approximate surface area is 514 Å². The van der Waals surface area contributed by atoms with Gasteiger partial charge in [-0.05, 0) is 103 Å². The Bertz CT molecular complexity index is 949. The molecule has 0 amide bonds. The Hall–Kier alpha value is -0.660. The molecular weight excluding hydrogens is 985 g/mol. The highest BCUT2D eigenvalue weighted by atomic mass is 14.8. The fraction of sp³-hybridized carbons (Fsp3) is 0.973. The third-order valence-electron chi connectivity index (χ3n) is 17.0. The monoisotopic (exact) mass is 1150 g/mol. The summed E-state index contributed by atoms with van der Waals surface area (Å²) in [6.07, 6.45) is 92.8. The van der Waals surface area contributed by atoms with Crippen molar-refractivity contribution in [3.63, 3.8) is 0 Å². The predicted molar refractivity (Wildman–Crippen MR) is 373 cm³/mol. The standard InChI is InChI=1S/C33H70N2.C27H58N2.C15H32N2/c1-2-3-4-5-6-7-8-9-10-11-12-13-14-15-16-17-18-19-20-21-22-23-24-25-26-27-28-29-32-35-33-30-31-34;1-2-3-4-5-6-7-8-9-10-11-12-13-14-15-16-17-18-19-20-21-22-23-26-29-27-24-25-28;1-2-3-4-5-6-7-8-11-14-17-15-12-9-10-13-16/h35H,2-34H2,1H3;29H,2-28H2,1H3;11,14,17H,2-10,12-13,15-16H2,1H3. The minimum atomic E-state index is 0.812. The SMILES string of the molecule is CCCCCCCCC=CNCCCCCN.CCCCCCCCCCCCCCCCCCCCCCCCCCCCCCNCCCN.CCCCCCCCCCCCCCCCCCCCCCCCNCCCN. The van der Waals surface area contributed by atoms with Crippen molar-refractivity contribution in [1.82, 2.24) is 16.0 Å². The maximum atomic E-state index is 5.50. The molecule has 0 atom stereocenters. The van der Waals surface area contributed by atoms with E-state index in [0.29, 0.717) is 0 Å². The van der Waals surface area contributed by atoms with Gasteiger partial charge in [0.15, 0.2) is 0 Å². The maximum absolute atomic E-state index is 5.50. The van der Waals surface area contributed by atoms with E-state index in [-0.39, 0.29) is 0 Å². The van der Waals surface area contributed by atoms with Crippen LogP contribution in [0.25, 0.3) is 0 Å². The molecule has 0 rings (SSSR count). The lowest BCUT2D eigenvalue weighted by Gasteiger charge is -2.05. The third-order valence-corrected chi connectivity index (χ3v) is 17.0. The summed E-state index contributed by atoms with van der Waals surface area (Å²) >= 11 is 0. The zero-order chi connectivity index (χ0) is 59.0. The fourth-order valence-electron chi connectivity index (χ4n) is 11.3. The second kappa shape index (κ2) is 88.1. The van der Waals surface area contributed by atoms with Gasteiger partial charge in [-0.2, -0.15) is 0 Å². The van der Waals surface area contributed by atoms with Crippen LogP contribution in [0.5, 0.6) is 0 Å². The molecule has 0 aliphatic carbocycles. The van der Waals surface area contributed by atoms with Gasteiger partial charge in [0.1, 0.15) is 0 Å². The van der Waals surface area contributed by atoms with E-state index in [9.17, 15) is 0 Å². The molecule has 0 radical (unpaired) electrons. The van der Waals surface area contributed by atoms with Crippen LogP contribution >= 0.6 is 0 Å². The van der Waals surface area contributed by atoms with E-state index in [1.807, 2.05) is 0 Å². The van der Waals surface area contributed by atoms with Crippen molar-refractivity contribution in [2.75, 3.05) is 52.4 Å². The number of allylic oxidation sites excluding steroid dienone is 1. The van der Waals surface area contributed by atoms with E-state index < -0.39 is 0 Å². The number of unbranched alkanes of at least 4 members (excludes halogenated alkanes) is 56. The number of hydrogen-bond acceptors (Lipinski definition) is 6. The molecule has 0 aliphatic rings. The number of hydrogen-bond donors (Lipinski definition) is 6. The largest absolute Gasteiger partial charge is 0.391 e. The summed E-state index contributed by atoms with van der Waals surface area (Å²) < 4.78 is 0. The summed E-state index contributed by atoms with van der Waals surface area (Å²) in [5.74, 6) is 0. The summed E-state index contributed by atoms with van der Waals surface area (Å²) in [4.78, 5) is 0. The first-order valence-electron chi connectivity index (χ1n) is 38.1. The van der Waals surface area contributed by atoms with Crippen LogP contribution in [-0.4, -0.2) is 52.4 Å². The predicted octanol–water partition coefficient (Wildman–Crippen LogP) is 23.4. The Morgan fingerprint density at radius 1 is 0.198 bits per heavy atom. The van der Waals surface area contributed by atoms with E-state index in [0.717, 1.165) is 58.5 Å². The molecule has 0 spiro atoms. The molecule has 0 saturated carbocycles. The third kappa shape index (κ3) is 93.2. The highest BCUT2D eigenvalue weighted by molar-refractivity contribution is 4.79. The zero-order valence-corrected chi connectivity index (χ0v) is 56.9. The molecule has 9 N–H and O–H groups in total. The maximum Gasteiger partial charge on any atom is 0.0141 e. The topological polar surface area (TPSA) is 114 Å². The fourth-order valence-corrected chi connectivity index (χ4v) is 11.3. The van der Waals surface area contributed by atoms with Crippen molar-refractivity contribution in [1.29, 1.82) is 0 Å². The highest BCUT2D eigenvalue weighted by Gasteiger charge is 2.00. The summed E-state index contributed by atoms with van der Waals surface area (Å²) in [5, 5.41) is 10.3. The van der Waals surface area contributed by atoms with Gasteiger partial charge in [-0.15, -0.1) is 0 Å². The van der Waals surface area contributed by atoms with Crippen molar-refractivity contribution < 1.29 is 0 Å². The van der Waals surface area contributed by atoms with E-state index in [4.69, 9.17) is 17.2 Å². The van der Waals surface area contributed by atoms with Gasteiger partial charge < -0.3 is 33.2 Å². The second-order valence-electron chi connectivity index (χ2n) is 25.5. The first-order chi connectivity index (χ1) is 40.2. The molecule has 0 bridgehead atoms. The molecule has 81 heavy (non-hydrogen) atoms.